The fourth-order valence-corrected chi connectivity index (χ4v) is 4.77. The molecule has 1 N–H and O–H groups in total. The number of unbranched alkanes of at least 4 members (excludes halogenated alkanes) is 6. The van der Waals surface area contributed by atoms with E-state index in [1.807, 2.05) is 0 Å². The topological polar surface area (TPSA) is 32.6 Å². The highest BCUT2D eigenvalue weighted by Crippen LogP contribution is 2.59. The van der Waals surface area contributed by atoms with Crippen LogP contribution in [0.25, 0.3) is 0 Å². The highest BCUT2D eigenvalue weighted by atomic mass is 16.4. The lowest BCUT2D eigenvalue weighted by Gasteiger charge is -2.56. The molecule has 3 aliphatic carbocycles. The highest BCUT2D eigenvalue weighted by molar-refractivity contribution is 5.88. The third-order valence-electron chi connectivity index (χ3n) is 6.91. The summed E-state index contributed by atoms with van der Waals surface area (Å²) in [5.74, 6) is 2.01. The summed E-state index contributed by atoms with van der Waals surface area (Å²) in [6.45, 7) is 9.33. The molecule has 0 heterocycles. The lowest BCUT2D eigenvalue weighted by Crippen LogP contribution is -2.48. The molecule has 0 saturated heterocycles. The van der Waals surface area contributed by atoms with Gasteiger partial charge >= 0.3 is 0 Å². The van der Waals surface area contributed by atoms with Crippen molar-refractivity contribution in [1.29, 1.82) is 0 Å². The Bertz CT molecular complexity index is 449. The molecule has 1 fully saturated rings. The third-order valence-corrected chi connectivity index (χ3v) is 6.91. The maximum Gasteiger partial charge on any atom is 0.0639 e. The van der Waals surface area contributed by atoms with E-state index in [1.54, 1.807) is 5.57 Å². The molecule has 138 valence electrons. The Morgan fingerprint density at radius 2 is 1.88 bits per heavy atom. The maximum absolute atomic E-state index is 9.52. The summed E-state index contributed by atoms with van der Waals surface area (Å²) in [4.78, 5) is 0. The van der Waals surface area contributed by atoms with Gasteiger partial charge in [0.25, 0.3) is 0 Å². The molecule has 24 heavy (non-hydrogen) atoms. The first-order valence-electron chi connectivity index (χ1n) is 10.4. The zero-order chi connectivity index (χ0) is 17.6. The predicted octanol–water partition coefficient (Wildman–Crippen LogP) is 6.98. The molecule has 2 heteroatoms. The van der Waals surface area contributed by atoms with Gasteiger partial charge in [-0.2, -0.15) is 0 Å². The van der Waals surface area contributed by atoms with Gasteiger partial charge in [-0.3, -0.25) is 0 Å². The summed E-state index contributed by atoms with van der Waals surface area (Å²) in [6, 6.07) is 0. The summed E-state index contributed by atoms with van der Waals surface area (Å²) in [7, 11) is 0. The smallest absolute Gasteiger partial charge is 0.0639 e. The monoisotopic (exact) mass is 333 g/mol. The molecule has 0 radical (unpaired) electrons. The SMILES string of the molecule is CCCCCCCCCC(C)C(CC1=CC[C@H]2C[C@@H]1C2(C)C)=NO. The van der Waals surface area contributed by atoms with Crippen LogP contribution in [0.1, 0.15) is 98.3 Å². The van der Waals surface area contributed by atoms with Crippen LogP contribution in [0.15, 0.2) is 16.8 Å². The molecule has 3 rings (SSSR count). The molecule has 0 amide bonds. The number of rotatable bonds is 11. The molecule has 1 unspecified atom stereocenters. The quantitative estimate of drug-likeness (QED) is 0.143. The Labute approximate surface area is 149 Å². The third kappa shape index (κ3) is 4.64. The molecule has 0 aromatic heterocycles. The second-order valence-corrected chi connectivity index (χ2v) is 8.90. The lowest BCUT2D eigenvalue weighted by atomic mass is 9.48. The Morgan fingerprint density at radius 1 is 1.21 bits per heavy atom. The first kappa shape index (κ1) is 19.5. The number of fused-ring (bicyclic) bond motifs is 1. The van der Waals surface area contributed by atoms with Crippen molar-refractivity contribution in [2.24, 2.45) is 28.3 Å². The van der Waals surface area contributed by atoms with Crippen molar-refractivity contribution in [1.82, 2.24) is 0 Å². The zero-order valence-electron chi connectivity index (χ0n) is 16.5. The second kappa shape index (κ2) is 9.06. The fraction of sp³-hybridized carbons (Fsp3) is 0.864. The minimum absolute atomic E-state index is 0.410. The summed E-state index contributed by atoms with van der Waals surface area (Å²) < 4.78 is 0. The molecule has 0 spiro atoms. The van der Waals surface area contributed by atoms with Crippen LogP contribution in [0.3, 0.4) is 0 Å². The van der Waals surface area contributed by atoms with Gasteiger partial charge in [-0.1, -0.05) is 89.4 Å². The Morgan fingerprint density at radius 3 is 2.46 bits per heavy atom. The molecule has 3 atom stereocenters. The van der Waals surface area contributed by atoms with Crippen molar-refractivity contribution in [3.63, 3.8) is 0 Å². The first-order valence-corrected chi connectivity index (χ1v) is 10.4. The predicted molar refractivity (Wildman–Crippen MR) is 104 cm³/mol. The van der Waals surface area contributed by atoms with E-state index in [4.69, 9.17) is 0 Å². The van der Waals surface area contributed by atoms with Crippen LogP contribution in [-0.4, -0.2) is 10.9 Å². The van der Waals surface area contributed by atoms with Crippen LogP contribution in [0.4, 0.5) is 0 Å². The molecule has 0 aromatic carbocycles. The van der Waals surface area contributed by atoms with Gasteiger partial charge in [0.05, 0.1) is 5.71 Å². The van der Waals surface area contributed by atoms with Crippen molar-refractivity contribution >= 4 is 5.71 Å². The van der Waals surface area contributed by atoms with Crippen LogP contribution in [0.5, 0.6) is 0 Å². The minimum Gasteiger partial charge on any atom is -0.411 e. The fourth-order valence-electron chi connectivity index (χ4n) is 4.77. The Hall–Kier alpha value is -0.790. The highest BCUT2D eigenvalue weighted by Gasteiger charge is 2.51. The normalized spacial score (nSPS) is 26.7. The Balaban J connectivity index is 1.71. The van der Waals surface area contributed by atoms with E-state index in [-0.39, 0.29) is 0 Å². The van der Waals surface area contributed by atoms with Crippen molar-refractivity contribution in [2.45, 2.75) is 98.3 Å². The van der Waals surface area contributed by atoms with Gasteiger partial charge in [-0.05, 0) is 42.4 Å². The number of oxime groups is 1. The number of hydrogen-bond donors (Lipinski definition) is 1. The molecule has 2 bridgehead atoms. The Kier molecular flexibility index (Phi) is 7.37. The number of nitrogens with zero attached hydrogens (tertiary/aromatic N) is 1. The second-order valence-electron chi connectivity index (χ2n) is 8.90. The van der Waals surface area contributed by atoms with Crippen molar-refractivity contribution in [2.75, 3.05) is 0 Å². The average molecular weight is 334 g/mol. The van der Waals surface area contributed by atoms with E-state index >= 15 is 0 Å². The van der Waals surface area contributed by atoms with Gasteiger partial charge in [0.15, 0.2) is 0 Å². The van der Waals surface area contributed by atoms with Gasteiger partial charge in [-0.15, -0.1) is 0 Å². The van der Waals surface area contributed by atoms with Gasteiger partial charge < -0.3 is 5.21 Å². The molecular weight excluding hydrogens is 294 g/mol. The zero-order valence-corrected chi connectivity index (χ0v) is 16.5. The largest absolute Gasteiger partial charge is 0.411 e. The van der Waals surface area contributed by atoms with Crippen LogP contribution in [0.2, 0.25) is 0 Å². The molecule has 2 nitrogen and oxygen atoms in total. The van der Waals surface area contributed by atoms with E-state index in [2.05, 4.69) is 38.9 Å². The van der Waals surface area contributed by atoms with E-state index in [1.165, 1.54) is 57.8 Å². The van der Waals surface area contributed by atoms with Gasteiger partial charge in [-0.25, -0.2) is 0 Å². The van der Waals surface area contributed by atoms with Crippen LogP contribution >= 0.6 is 0 Å². The molecule has 0 aliphatic heterocycles. The summed E-state index contributed by atoms with van der Waals surface area (Å²) in [6.07, 6.45) is 16.5. The van der Waals surface area contributed by atoms with Crippen molar-refractivity contribution in [3.05, 3.63) is 11.6 Å². The van der Waals surface area contributed by atoms with E-state index in [9.17, 15) is 5.21 Å². The van der Waals surface area contributed by atoms with Gasteiger partial charge in [0.1, 0.15) is 0 Å². The van der Waals surface area contributed by atoms with E-state index in [0.29, 0.717) is 11.3 Å². The van der Waals surface area contributed by atoms with Crippen LogP contribution in [-0.2, 0) is 0 Å². The first-order chi connectivity index (χ1) is 11.5. The van der Waals surface area contributed by atoms with Gasteiger partial charge in [0, 0.05) is 6.42 Å². The standard InChI is InChI=1S/C22H39NO/c1-5-6-7-8-9-10-11-12-17(2)21(23-24)15-18-13-14-19-16-20(18)22(19,3)4/h13,17,19-20,24H,5-12,14-16H2,1-4H3/t17?,19-,20-/m0/s1. The van der Waals surface area contributed by atoms with Gasteiger partial charge in [0.2, 0.25) is 0 Å². The van der Waals surface area contributed by atoms with Crippen molar-refractivity contribution < 1.29 is 5.21 Å². The molecular formula is C22H39NO. The maximum atomic E-state index is 9.52. The van der Waals surface area contributed by atoms with Crippen LogP contribution in [0, 0.1) is 23.2 Å². The summed E-state index contributed by atoms with van der Waals surface area (Å²) in [5.41, 5.74) is 3.02. The van der Waals surface area contributed by atoms with E-state index < -0.39 is 0 Å². The van der Waals surface area contributed by atoms with Crippen molar-refractivity contribution in [3.8, 4) is 0 Å². The summed E-state index contributed by atoms with van der Waals surface area (Å²) >= 11 is 0. The molecule has 1 saturated carbocycles. The van der Waals surface area contributed by atoms with E-state index in [0.717, 1.165) is 30.4 Å². The minimum atomic E-state index is 0.410. The number of hydrogen-bond acceptors (Lipinski definition) is 2. The van der Waals surface area contributed by atoms with Crippen LogP contribution < -0.4 is 0 Å². The molecule has 0 aromatic rings. The number of allylic oxidation sites excluding steroid dienone is 2. The average Bonchev–Trinajstić information content (AvgIpc) is 2.58. The molecule has 3 aliphatic rings. The summed E-state index contributed by atoms with van der Waals surface area (Å²) in [5, 5.41) is 13.2. The lowest BCUT2D eigenvalue weighted by molar-refractivity contribution is -0.00695.